The first kappa shape index (κ1) is 12.0. The normalized spacial score (nSPS) is 18.0. The van der Waals surface area contributed by atoms with Gasteiger partial charge in [-0.2, -0.15) is 0 Å². The predicted octanol–water partition coefficient (Wildman–Crippen LogP) is 3.01. The third kappa shape index (κ3) is 3.14. The van der Waals surface area contributed by atoms with Gasteiger partial charge in [0.05, 0.1) is 0 Å². The van der Waals surface area contributed by atoms with Crippen LogP contribution in [-0.4, -0.2) is 24.5 Å². The number of rotatable bonds is 3. The van der Waals surface area contributed by atoms with Crippen molar-refractivity contribution in [3.8, 4) is 0 Å². The van der Waals surface area contributed by atoms with Gasteiger partial charge in [0.2, 0.25) is 0 Å². The van der Waals surface area contributed by atoms with Gasteiger partial charge in [-0.15, -0.1) is 0 Å². The van der Waals surface area contributed by atoms with Crippen LogP contribution in [0.25, 0.3) is 0 Å². The highest BCUT2D eigenvalue weighted by atomic mass is 15.1. The summed E-state index contributed by atoms with van der Waals surface area (Å²) in [7, 11) is 2.20. The fraction of sp³-hybridized carbons (Fsp3) is 1.00. The predicted molar refractivity (Wildman–Crippen MR) is 56.4 cm³/mol. The fourth-order valence-electron chi connectivity index (χ4n) is 1.39. The Balaban J connectivity index is 4.19. The molecule has 0 spiro atoms. The molecular formula is C11H25N. The van der Waals surface area contributed by atoms with E-state index in [0.717, 1.165) is 12.5 Å². The zero-order chi connectivity index (χ0) is 9.94. The molecular weight excluding hydrogens is 146 g/mol. The van der Waals surface area contributed by atoms with Gasteiger partial charge in [0.25, 0.3) is 0 Å². The molecule has 0 heterocycles. The fourth-order valence-corrected chi connectivity index (χ4v) is 1.39. The molecule has 0 aliphatic rings. The Hall–Kier alpha value is -0.0400. The number of hydrogen-bond acceptors (Lipinski definition) is 1. The lowest BCUT2D eigenvalue weighted by Gasteiger charge is -2.37. The van der Waals surface area contributed by atoms with Crippen LogP contribution in [0.5, 0.6) is 0 Å². The van der Waals surface area contributed by atoms with Crippen LogP contribution in [0.2, 0.25) is 0 Å². The summed E-state index contributed by atoms with van der Waals surface area (Å²) in [6, 6.07) is 0.676. The highest BCUT2D eigenvalue weighted by Gasteiger charge is 2.26. The van der Waals surface area contributed by atoms with E-state index in [9.17, 15) is 0 Å². The van der Waals surface area contributed by atoms with E-state index in [-0.39, 0.29) is 0 Å². The lowest BCUT2D eigenvalue weighted by molar-refractivity contribution is 0.122. The zero-order valence-corrected chi connectivity index (χ0v) is 9.81. The van der Waals surface area contributed by atoms with Crippen LogP contribution in [0.4, 0.5) is 0 Å². The quantitative estimate of drug-likeness (QED) is 0.631. The Morgan fingerprint density at radius 3 is 1.83 bits per heavy atom. The van der Waals surface area contributed by atoms with E-state index in [2.05, 4.69) is 53.5 Å². The average Bonchev–Trinajstić information content (AvgIpc) is 1.98. The first-order valence-corrected chi connectivity index (χ1v) is 5.01. The van der Waals surface area contributed by atoms with Crippen molar-refractivity contribution in [3.05, 3.63) is 0 Å². The van der Waals surface area contributed by atoms with Crippen LogP contribution in [0, 0.1) is 11.3 Å². The standard InChI is InChI=1S/C11H25N/c1-8-12(7)10(3)9(2)11(4,5)6/h9-10H,8H2,1-7H3. The van der Waals surface area contributed by atoms with E-state index >= 15 is 0 Å². The third-order valence-corrected chi connectivity index (χ3v) is 3.28. The van der Waals surface area contributed by atoms with Crippen LogP contribution in [0.1, 0.15) is 41.5 Å². The monoisotopic (exact) mass is 171 g/mol. The van der Waals surface area contributed by atoms with Gasteiger partial charge >= 0.3 is 0 Å². The number of hydrogen-bond donors (Lipinski definition) is 0. The number of nitrogens with zero attached hydrogens (tertiary/aromatic N) is 1. The van der Waals surface area contributed by atoms with Gasteiger partial charge in [0.1, 0.15) is 0 Å². The summed E-state index contributed by atoms with van der Waals surface area (Å²) in [5.41, 5.74) is 0.419. The maximum absolute atomic E-state index is 2.41. The van der Waals surface area contributed by atoms with E-state index in [0.29, 0.717) is 11.5 Å². The summed E-state index contributed by atoms with van der Waals surface area (Å²) < 4.78 is 0. The SMILES string of the molecule is CCN(C)C(C)C(C)C(C)(C)C. The molecule has 0 amide bonds. The van der Waals surface area contributed by atoms with Gasteiger partial charge < -0.3 is 4.90 Å². The van der Waals surface area contributed by atoms with Gasteiger partial charge in [-0.05, 0) is 31.8 Å². The first-order chi connectivity index (χ1) is 5.30. The second-order valence-corrected chi connectivity index (χ2v) is 4.97. The van der Waals surface area contributed by atoms with Crippen molar-refractivity contribution in [3.63, 3.8) is 0 Å². The molecule has 12 heavy (non-hydrogen) atoms. The van der Waals surface area contributed by atoms with Gasteiger partial charge in [0, 0.05) is 6.04 Å². The average molecular weight is 171 g/mol. The molecule has 1 nitrogen and oxygen atoms in total. The summed E-state index contributed by atoms with van der Waals surface area (Å²) in [6.07, 6.45) is 0. The Kier molecular flexibility index (Phi) is 4.25. The molecule has 0 rings (SSSR count). The minimum atomic E-state index is 0.419. The molecule has 2 atom stereocenters. The second-order valence-electron chi connectivity index (χ2n) is 4.97. The second kappa shape index (κ2) is 4.27. The summed E-state index contributed by atoms with van der Waals surface area (Å²) >= 11 is 0. The molecule has 0 aromatic carbocycles. The molecule has 0 saturated carbocycles. The minimum absolute atomic E-state index is 0.419. The molecule has 0 aromatic heterocycles. The van der Waals surface area contributed by atoms with Crippen molar-refractivity contribution < 1.29 is 0 Å². The minimum Gasteiger partial charge on any atom is -0.304 e. The van der Waals surface area contributed by atoms with E-state index in [1.165, 1.54) is 0 Å². The lowest BCUT2D eigenvalue weighted by Crippen LogP contribution is -2.39. The highest BCUT2D eigenvalue weighted by molar-refractivity contribution is 4.79. The summed E-state index contributed by atoms with van der Waals surface area (Å²) in [5, 5.41) is 0. The molecule has 0 bridgehead atoms. The van der Waals surface area contributed by atoms with Gasteiger partial charge in [-0.3, -0.25) is 0 Å². The van der Waals surface area contributed by atoms with Crippen molar-refractivity contribution in [1.29, 1.82) is 0 Å². The first-order valence-electron chi connectivity index (χ1n) is 5.01. The molecule has 74 valence electrons. The van der Waals surface area contributed by atoms with Crippen LogP contribution < -0.4 is 0 Å². The molecule has 1 heteroatoms. The maximum atomic E-state index is 2.41. The molecule has 0 aliphatic heterocycles. The van der Waals surface area contributed by atoms with Gasteiger partial charge in [0.15, 0.2) is 0 Å². The molecule has 0 N–H and O–H groups in total. The van der Waals surface area contributed by atoms with E-state index in [4.69, 9.17) is 0 Å². The van der Waals surface area contributed by atoms with Crippen molar-refractivity contribution in [2.24, 2.45) is 11.3 Å². The van der Waals surface area contributed by atoms with Crippen molar-refractivity contribution in [1.82, 2.24) is 4.90 Å². The molecule has 0 aromatic rings. The Morgan fingerprint density at radius 1 is 1.17 bits per heavy atom. The van der Waals surface area contributed by atoms with Crippen LogP contribution in [0.15, 0.2) is 0 Å². The van der Waals surface area contributed by atoms with Crippen molar-refractivity contribution >= 4 is 0 Å². The van der Waals surface area contributed by atoms with Gasteiger partial charge in [-0.25, -0.2) is 0 Å². The molecule has 0 fully saturated rings. The highest BCUT2D eigenvalue weighted by Crippen LogP contribution is 2.29. The van der Waals surface area contributed by atoms with Crippen LogP contribution in [0.3, 0.4) is 0 Å². The Labute approximate surface area is 78.1 Å². The van der Waals surface area contributed by atoms with Crippen molar-refractivity contribution in [2.75, 3.05) is 13.6 Å². The van der Waals surface area contributed by atoms with E-state index in [1.807, 2.05) is 0 Å². The zero-order valence-electron chi connectivity index (χ0n) is 9.81. The van der Waals surface area contributed by atoms with Crippen LogP contribution >= 0.6 is 0 Å². The van der Waals surface area contributed by atoms with Crippen molar-refractivity contribution in [2.45, 2.75) is 47.6 Å². The molecule has 0 saturated heterocycles. The molecule has 0 radical (unpaired) electrons. The Morgan fingerprint density at radius 2 is 1.58 bits per heavy atom. The summed E-state index contributed by atoms with van der Waals surface area (Å²) in [6.45, 7) is 15.0. The van der Waals surface area contributed by atoms with Crippen LogP contribution in [-0.2, 0) is 0 Å². The maximum Gasteiger partial charge on any atom is 0.00943 e. The van der Waals surface area contributed by atoms with E-state index < -0.39 is 0 Å². The largest absolute Gasteiger partial charge is 0.304 e. The lowest BCUT2D eigenvalue weighted by atomic mass is 9.77. The summed E-state index contributed by atoms with van der Waals surface area (Å²) in [5.74, 6) is 0.738. The molecule has 2 unspecified atom stereocenters. The topological polar surface area (TPSA) is 3.24 Å². The smallest absolute Gasteiger partial charge is 0.00943 e. The Bertz CT molecular complexity index is 123. The summed E-state index contributed by atoms with van der Waals surface area (Å²) in [4.78, 5) is 2.41. The van der Waals surface area contributed by atoms with Gasteiger partial charge in [-0.1, -0.05) is 34.6 Å². The van der Waals surface area contributed by atoms with E-state index in [1.54, 1.807) is 0 Å². The molecule has 0 aliphatic carbocycles. The third-order valence-electron chi connectivity index (χ3n) is 3.28.